The lowest BCUT2D eigenvalue weighted by molar-refractivity contribution is -0.123. The van der Waals surface area contributed by atoms with Crippen LogP contribution in [0.1, 0.15) is 18.9 Å². The van der Waals surface area contributed by atoms with Gasteiger partial charge in [-0.2, -0.15) is 5.26 Å². The van der Waals surface area contributed by atoms with Crippen molar-refractivity contribution in [3.63, 3.8) is 0 Å². The Labute approximate surface area is 112 Å². The molecule has 5 nitrogen and oxygen atoms in total. The normalized spacial score (nSPS) is 23.4. The maximum atomic E-state index is 12.0. The van der Waals surface area contributed by atoms with Crippen molar-refractivity contribution in [3.8, 4) is 6.07 Å². The van der Waals surface area contributed by atoms with Crippen LogP contribution in [0.5, 0.6) is 0 Å². The summed E-state index contributed by atoms with van der Waals surface area (Å²) >= 11 is 0. The molecule has 1 aliphatic heterocycles. The molecule has 5 heteroatoms. The van der Waals surface area contributed by atoms with Gasteiger partial charge in [0.1, 0.15) is 6.04 Å². The molecular weight excluding hydrogens is 242 g/mol. The average molecular weight is 259 g/mol. The summed E-state index contributed by atoms with van der Waals surface area (Å²) in [6.45, 7) is 2.37. The quantitative estimate of drug-likeness (QED) is 0.817. The first-order chi connectivity index (χ1) is 9.15. The van der Waals surface area contributed by atoms with E-state index in [1.54, 1.807) is 18.2 Å². The lowest BCUT2D eigenvalue weighted by Gasteiger charge is -2.29. The van der Waals surface area contributed by atoms with Gasteiger partial charge in [0.15, 0.2) is 0 Å². The van der Waals surface area contributed by atoms with Gasteiger partial charge in [0.25, 0.3) is 0 Å². The zero-order valence-corrected chi connectivity index (χ0v) is 10.8. The molecule has 100 valence electrons. The maximum absolute atomic E-state index is 12.0. The van der Waals surface area contributed by atoms with E-state index < -0.39 is 6.04 Å². The molecular formula is C14H17N3O2. The SMILES string of the molecule is CC1CCN(c2cccc(C#N)c2)C(CO)C(=O)N1. The molecule has 0 aliphatic carbocycles. The van der Waals surface area contributed by atoms with Crippen molar-refractivity contribution in [3.05, 3.63) is 29.8 Å². The molecule has 19 heavy (non-hydrogen) atoms. The summed E-state index contributed by atoms with van der Waals surface area (Å²) in [6, 6.07) is 8.68. The fourth-order valence-corrected chi connectivity index (χ4v) is 2.29. The van der Waals surface area contributed by atoms with Crippen LogP contribution >= 0.6 is 0 Å². The van der Waals surface area contributed by atoms with Gasteiger partial charge in [0.05, 0.1) is 18.2 Å². The van der Waals surface area contributed by atoms with Crippen LogP contribution in [0, 0.1) is 11.3 Å². The van der Waals surface area contributed by atoms with Crippen LogP contribution < -0.4 is 10.2 Å². The summed E-state index contributed by atoms with van der Waals surface area (Å²) in [5.74, 6) is -0.171. The van der Waals surface area contributed by atoms with Gasteiger partial charge in [0.2, 0.25) is 5.91 Å². The van der Waals surface area contributed by atoms with E-state index in [9.17, 15) is 9.90 Å². The van der Waals surface area contributed by atoms with Crippen LogP contribution in [0.25, 0.3) is 0 Å². The van der Waals surface area contributed by atoms with Crippen molar-refractivity contribution in [1.29, 1.82) is 5.26 Å². The summed E-state index contributed by atoms with van der Waals surface area (Å²) in [6.07, 6.45) is 0.805. The number of aliphatic hydroxyl groups excluding tert-OH is 1. The number of nitriles is 1. The summed E-state index contributed by atoms with van der Waals surface area (Å²) in [5.41, 5.74) is 1.34. The highest BCUT2D eigenvalue weighted by Crippen LogP contribution is 2.21. The third-order valence-electron chi connectivity index (χ3n) is 3.35. The Kier molecular flexibility index (Phi) is 4.03. The molecule has 1 aromatic carbocycles. The predicted molar refractivity (Wildman–Crippen MR) is 71.6 cm³/mol. The van der Waals surface area contributed by atoms with Gasteiger partial charge in [-0.1, -0.05) is 6.07 Å². The van der Waals surface area contributed by atoms with E-state index in [1.165, 1.54) is 0 Å². The Hall–Kier alpha value is -2.06. The van der Waals surface area contributed by atoms with Gasteiger partial charge in [-0.05, 0) is 31.5 Å². The fourth-order valence-electron chi connectivity index (χ4n) is 2.29. The topological polar surface area (TPSA) is 76.4 Å². The molecule has 0 aromatic heterocycles. The van der Waals surface area contributed by atoms with Crippen LogP contribution in [0.2, 0.25) is 0 Å². The van der Waals surface area contributed by atoms with E-state index in [-0.39, 0.29) is 18.6 Å². The monoisotopic (exact) mass is 259 g/mol. The summed E-state index contributed by atoms with van der Waals surface area (Å²) in [4.78, 5) is 13.9. The zero-order valence-electron chi connectivity index (χ0n) is 10.8. The van der Waals surface area contributed by atoms with E-state index in [1.807, 2.05) is 17.9 Å². The fraction of sp³-hybridized carbons (Fsp3) is 0.429. The lowest BCUT2D eigenvalue weighted by atomic mass is 10.1. The second kappa shape index (κ2) is 5.72. The minimum atomic E-state index is -0.598. The van der Waals surface area contributed by atoms with Crippen molar-refractivity contribution in [1.82, 2.24) is 5.32 Å². The van der Waals surface area contributed by atoms with Crippen LogP contribution in [-0.4, -0.2) is 36.2 Å². The van der Waals surface area contributed by atoms with Gasteiger partial charge in [-0.15, -0.1) is 0 Å². The number of nitrogens with one attached hydrogen (secondary N) is 1. The Bertz CT molecular complexity index is 510. The number of anilines is 1. The third-order valence-corrected chi connectivity index (χ3v) is 3.35. The molecule has 1 saturated heterocycles. The average Bonchev–Trinajstić information content (AvgIpc) is 2.56. The van der Waals surface area contributed by atoms with Gasteiger partial charge < -0.3 is 15.3 Å². The van der Waals surface area contributed by atoms with Crippen molar-refractivity contribution in [2.24, 2.45) is 0 Å². The number of amides is 1. The molecule has 2 rings (SSSR count). The smallest absolute Gasteiger partial charge is 0.245 e. The van der Waals surface area contributed by atoms with Crippen LogP contribution in [-0.2, 0) is 4.79 Å². The number of aliphatic hydroxyl groups is 1. The Balaban J connectivity index is 2.34. The number of rotatable bonds is 2. The zero-order chi connectivity index (χ0) is 13.8. The maximum Gasteiger partial charge on any atom is 0.245 e. The number of benzene rings is 1. The number of hydrogen-bond acceptors (Lipinski definition) is 4. The molecule has 1 aliphatic rings. The number of carbonyl (C=O) groups excluding carboxylic acids is 1. The van der Waals surface area contributed by atoms with Crippen LogP contribution in [0.4, 0.5) is 5.69 Å². The highest BCUT2D eigenvalue weighted by atomic mass is 16.3. The van der Waals surface area contributed by atoms with Crippen molar-refractivity contribution in [2.45, 2.75) is 25.4 Å². The molecule has 0 saturated carbocycles. The first-order valence-corrected chi connectivity index (χ1v) is 6.33. The highest BCUT2D eigenvalue weighted by molar-refractivity contribution is 5.86. The minimum absolute atomic E-state index is 0.0886. The van der Waals surface area contributed by atoms with Crippen LogP contribution in [0.3, 0.4) is 0 Å². The minimum Gasteiger partial charge on any atom is -0.394 e. The Morgan fingerprint density at radius 2 is 2.37 bits per heavy atom. The predicted octanol–water partition coefficient (Wildman–Crippen LogP) is 0.634. The summed E-state index contributed by atoms with van der Waals surface area (Å²) in [7, 11) is 0. The molecule has 0 spiro atoms. The Morgan fingerprint density at radius 1 is 1.58 bits per heavy atom. The molecule has 2 atom stereocenters. The molecule has 1 heterocycles. The van der Waals surface area contributed by atoms with Gasteiger partial charge >= 0.3 is 0 Å². The van der Waals surface area contributed by atoms with Gasteiger partial charge in [-0.25, -0.2) is 0 Å². The number of carbonyl (C=O) groups is 1. The largest absolute Gasteiger partial charge is 0.394 e. The van der Waals surface area contributed by atoms with E-state index in [2.05, 4.69) is 11.4 Å². The van der Waals surface area contributed by atoms with Crippen LogP contribution in [0.15, 0.2) is 24.3 Å². The Morgan fingerprint density at radius 3 is 3.05 bits per heavy atom. The molecule has 2 unspecified atom stereocenters. The molecule has 1 aromatic rings. The van der Waals surface area contributed by atoms with Crippen molar-refractivity contribution >= 4 is 11.6 Å². The first-order valence-electron chi connectivity index (χ1n) is 6.33. The number of hydrogen-bond donors (Lipinski definition) is 2. The lowest BCUT2D eigenvalue weighted by Crippen LogP contribution is -2.47. The second-order valence-electron chi connectivity index (χ2n) is 4.75. The van der Waals surface area contributed by atoms with E-state index in [0.29, 0.717) is 12.1 Å². The van der Waals surface area contributed by atoms with E-state index in [4.69, 9.17) is 5.26 Å². The van der Waals surface area contributed by atoms with Gasteiger partial charge in [0, 0.05) is 18.3 Å². The van der Waals surface area contributed by atoms with E-state index >= 15 is 0 Å². The molecule has 0 bridgehead atoms. The molecule has 2 N–H and O–H groups in total. The van der Waals surface area contributed by atoms with Crippen molar-refractivity contribution in [2.75, 3.05) is 18.1 Å². The summed E-state index contributed by atoms with van der Waals surface area (Å²) < 4.78 is 0. The van der Waals surface area contributed by atoms with Gasteiger partial charge in [-0.3, -0.25) is 4.79 Å². The first kappa shape index (κ1) is 13.4. The number of nitrogens with zero attached hydrogens (tertiary/aromatic N) is 2. The molecule has 1 fully saturated rings. The van der Waals surface area contributed by atoms with Crippen molar-refractivity contribution < 1.29 is 9.90 Å². The highest BCUT2D eigenvalue weighted by Gasteiger charge is 2.29. The molecule has 1 amide bonds. The van der Waals surface area contributed by atoms with E-state index in [0.717, 1.165) is 12.1 Å². The standard InChI is InChI=1S/C14H17N3O2/c1-10-5-6-17(13(9-18)14(19)16-10)12-4-2-3-11(7-12)8-15/h2-4,7,10,13,18H,5-6,9H2,1H3,(H,16,19). The second-order valence-corrected chi connectivity index (χ2v) is 4.75. The summed E-state index contributed by atoms with van der Waals surface area (Å²) in [5, 5.41) is 21.3. The third kappa shape index (κ3) is 2.85. The molecule has 0 radical (unpaired) electrons.